The third-order valence-electron chi connectivity index (χ3n) is 5.83. The van der Waals surface area contributed by atoms with Crippen molar-refractivity contribution >= 4 is 23.0 Å². The minimum atomic E-state index is -0.417. The van der Waals surface area contributed by atoms with Gasteiger partial charge in [0.25, 0.3) is 11.6 Å². The smallest absolute Gasteiger partial charge is 0.293 e. The second kappa shape index (κ2) is 8.82. The van der Waals surface area contributed by atoms with Gasteiger partial charge in [0, 0.05) is 36.0 Å². The molecule has 1 fully saturated rings. The number of nitrogens with one attached hydrogen (secondary N) is 1. The van der Waals surface area contributed by atoms with Gasteiger partial charge >= 0.3 is 0 Å². The molecule has 1 atom stereocenters. The van der Waals surface area contributed by atoms with Crippen LogP contribution in [0.4, 0.5) is 17.1 Å². The molecule has 8 nitrogen and oxygen atoms in total. The van der Waals surface area contributed by atoms with Crippen LogP contribution in [-0.2, 0) is 0 Å². The quantitative estimate of drug-likeness (QED) is 0.429. The Hall–Kier alpha value is -3.68. The van der Waals surface area contributed by atoms with Crippen molar-refractivity contribution in [3.05, 3.63) is 69.6 Å². The Kier molecular flexibility index (Phi) is 5.94. The Bertz CT molecular complexity index is 1150. The fraction of sp³-hybridized carbons (Fsp3) is 0.333. The van der Waals surface area contributed by atoms with E-state index in [1.807, 2.05) is 24.8 Å². The molecule has 1 saturated heterocycles. The first-order valence-electron chi connectivity index (χ1n) is 10.7. The average molecular weight is 434 g/mol. The van der Waals surface area contributed by atoms with Gasteiger partial charge in [-0.2, -0.15) is 0 Å². The molecular weight excluding hydrogens is 408 g/mol. The van der Waals surface area contributed by atoms with E-state index in [1.165, 1.54) is 6.07 Å². The number of hydrogen-bond acceptors (Lipinski definition) is 6. The molecule has 0 unspecified atom stereocenters. The molecule has 0 saturated carbocycles. The van der Waals surface area contributed by atoms with Gasteiger partial charge in [-0.1, -0.05) is 13.0 Å². The topological polar surface area (TPSA) is 102 Å². The van der Waals surface area contributed by atoms with Crippen LogP contribution in [0.3, 0.4) is 0 Å². The van der Waals surface area contributed by atoms with Gasteiger partial charge in [-0.25, -0.2) is 4.98 Å². The third kappa shape index (κ3) is 4.49. The van der Waals surface area contributed by atoms with Crippen molar-refractivity contribution in [2.45, 2.75) is 33.6 Å². The molecule has 2 heterocycles. The van der Waals surface area contributed by atoms with Crippen LogP contribution in [0.2, 0.25) is 0 Å². The number of carbonyl (C=O) groups excluding carboxylic acids is 1. The van der Waals surface area contributed by atoms with Crippen molar-refractivity contribution in [2.75, 3.05) is 23.3 Å². The van der Waals surface area contributed by atoms with E-state index in [2.05, 4.69) is 17.2 Å². The van der Waals surface area contributed by atoms with E-state index in [-0.39, 0.29) is 11.3 Å². The number of piperidine rings is 1. The van der Waals surface area contributed by atoms with E-state index < -0.39 is 10.8 Å². The molecule has 1 aliphatic rings. The highest BCUT2D eigenvalue weighted by atomic mass is 16.6. The van der Waals surface area contributed by atoms with Crippen molar-refractivity contribution in [1.82, 2.24) is 4.98 Å². The number of amides is 1. The molecule has 1 aliphatic heterocycles. The van der Waals surface area contributed by atoms with Crippen molar-refractivity contribution in [3.63, 3.8) is 0 Å². The zero-order valence-corrected chi connectivity index (χ0v) is 18.4. The third-order valence-corrected chi connectivity index (χ3v) is 5.83. The molecule has 32 heavy (non-hydrogen) atoms. The van der Waals surface area contributed by atoms with E-state index in [9.17, 15) is 14.9 Å². The molecule has 0 aliphatic carbocycles. The number of nitrogens with zero attached hydrogens (tertiary/aromatic N) is 3. The van der Waals surface area contributed by atoms with E-state index >= 15 is 0 Å². The molecule has 166 valence electrons. The Morgan fingerprint density at radius 1 is 1.25 bits per heavy atom. The SMILES string of the molecule is Cc1nc(-c2cccc(NC(=O)c3ccc(N4CCC[C@H](C)C4)c([N+](=O)[O-])c3)c2)oc1C. The van der Waals surface area contributed by atoms with Crippen LogP contribution in [-0.4, -0.2) is 28.9 Å². The minimum absolute atomic E-state index is 0.0498. The Morgan fingerprint density at radius 2 is 2.06 bits per heavy atom. The van der Waals surface area contributed by atoms with Crippen LogP contribution in [0.1, 0.15) is 41.6 Å². The first kappa shape index (κ1) is 21.5. The molecule has 1 amide bonds. The van der Waals surface area contributed by atoms with Gasteiger partial charge in [0.05, 0.1) is 10.6 Å². The summed E-state index contributed by atoms with van der Waals surface area (Å²) in [7, 11) is 0. The molecule has 0 radical (unpaired) electrons. The number of benzene rings is 2. The Morgan fingerprint density at radius 3 is 2.75 bits per heavy atom. The Balaban J connectivity index is 1.56. The number of nitro benzene ring substituents is 1. The summed E-state index contributed by atoms with van der Waals surface area (Å²) in [6, 6.07) is 11.8. The number of aryl methyl sites for hydroxylation is 2. The lowest BCUT2D eigenvalue weighted by Gasteiger charge is -2.32. The second-order valence-corrected chi connectivity index (χ2v) is 8.35. The molecule has 4 rings (SSSR count). The number of aromatic nitrogens is 1. The van der Waals surface area contributed by atoms with Crippen LogP contribution in [0, 0.1) is 29.9 Å². The van der Waals surface area contributed by atoms with E-state index in [4.69, 9.17) is 4.42 Å². The van der Waals surface area contributed by atoms with Gasteiger partial charge in [-0.3, -0.25) is 14.9 Å². The molecule has 2 aromatic carbocycles. The first-order valence-corrected chi connectivity index (χ1v) is 10.7. The van der Waals surface area contributed by atoms with E-state index in [1.54, 1.807) is 30.3 Å². The van der Waals surface area contributed by atoms with Crippen LogP contribution in [0.5, 0.6) is 0 Å². The molecule has 3 aromatic rings. The van der Waals surface area contributed by atoms with E-state index in [0.29, 0.717) is 23.2 Å². The summed E-state index contributed by atoms with van der Waals surface area (Å²) >= 11 is 0. The van der Waals surface area contributed by atoms with E-state index in [0.717, 1.165) is 42.9 Å². The lowest BCUT2D eigenvalue weighted by molar-refractivity contribution is -0.384. The summed E-state index contributed by atoms with van der Waals surface area (Å²) in [6.07, 6.45) is 2.12. The lowest BCUT2D eigenvalue weighted by atomic mass is 9.99. The van der Waals surface area contributed by atoms with Gasteiger partial charge < -0.3 is 14.6 Å². The maximum absolute atomic E-state index is 12.8. The predicted molar refractivity (Wildman–Crippen MR) is 123 cm³/mol. The van der Waals surface area contributed by atoms with Crippen molar-refractivity contribution < 1.29 is 14.1 Å². The lowest BCUT2D eigenvalue weighted by Crippen LogP contribution is -2.34. The number of carbonyl (C=O) groups is 1. The monoisotopic (exact) mass is 434 g/mol. The molecular formula is C24H26N4O4. The minimum Gasteiger partial charge on any atom is -0.441 e. The predicted octanol–water partition coefficient (Wildman–Crippen LogP) is 5.36. The number of anilines is 2. The first-order chi connectivity index (χ1) is 15.3. The maximum Gasteiger partial charge on any atom is 0.293 e. The highest BCUT2D eigenvalue weighted by molar-refractivity contribution is 6.05. The van der Waals surface area contributed by atoms with Crippen LogP contribution in [0.15, 0.2) is 46.9 Å². The zero-order chi connectivity index (χ0) is 22.8. The molecule has 0 bridgehead atoms. The number of nitro groups is 1. The molecule has 1 N–H and O–H groups in total. The summed E-state index contributed by atoms with van der Waals surface area (Å²) in [4.78, 5) is 30.6. The number of hydrogen-bond donors (Lipinski definition) is 1. The van der Waals surface area contributed by atoms with Crippen molar-refractivity contribution in [2.24, 2.45) is 5.92 Å². The van der Waals surface area contributed by atoms with Gasteiger partial charge in [0.2, 0.25) is 5.89 Å². The summed E-state index contributed by atoms with van der Waals surface area (Å²) in [6.45, 7) is 7.42. The molecule has 8 heteroatoms. The number of oxazole rings is 1. The van der Waals surface area contributed by atoms with Gasteiger partial charge in [-0.15, -0.1) is 0 Å². The van der Waals surface area contributed by atoms with Crippen molar-refractivity contribution in [1.29, 1.82) is 0 Å². The van der Waals surface area contributed by atoms with Gasteiger partial charge in [0.15, 0.2) is 0 Å². The van der Waals surface area contributed by atoms with Crippen LogP contribution in [0.25, 0.3) is 11.5 Å². The fourth-order valence-electron chi connectivity index (χ4n) is 4.02. The molecule has 0 spiro atoms. The summed E-state index contributed by atoms with van der Waals surface area (Å²) in [5, 5.41) is 14.6. The second-order valence-electron chi connectivity index (χ2n) is 8.35. The standard InChI is InChI=1S/C24H26N4O4/c1-15-6-5-11-27(14-15)21-10-9-18(13-22(21)28(30)31)23(29)26-20-8-4-7-19(12-20)24-25-16(2)17(3)32-24/h4,7-10,12-13,15H,5-6,11,14H2,1-3H3,(H,26,29)/t15-/m0/s1. The summed E-state index contributed by atoms with van der Waals surface area (Å²) < 4.78 is 5.66. The highest BCUT2D eigenvalue weighted by Crippen LogP contribution is 2.33. The van der Waals surface area contributed by atoms with Crippen LogP contribution < -0.4 is 10.2 Å². The Labute approximate surface area is 186 Å². The average Bonchev–Trinajstić information content (AvgIpc) is 3.12. The fourth-order valence-corrected chi connectivity index (χ4v) is 4.02. The maximum atomic E-state index is 12.8. The summed E-state index contributed by atoms with van der Waals surface area (Å²) in [5.41, 5.74) is 2.85. The zero-order valence-electron chi connectivity index (χ0n) is 18.4. The highest BCUT2D eigenvalue weighted by Gasteiger charge is 2.25. The number of rotatable bonds is 5. The van der Waals surface area contributed by atoms with Crippen molar-refractivity contribution in [3.8, 4) is 11.5 Å². The summed E-state index contributed by atoms with van der Waals surface area (Å²) in [5.74, 6) is 1.29. The van der Waals surface area contributed by atoms with Gasteiger partial charge in [-0.05, 0) is 62.9 Å². The van der Waals surface area contributed by atoms with Crippen LogP contribution >= 0.6 is 0 Å². The molecule has 1 aromatic heterocycles. The normalized spacial score (nSPS) is 16.1. The van der Waals surface area contributed by atoms with Gasteiger partial charge in [0.1, 0.15) is 11.4 Å². The largest absolute Gasteiger partial charge is 0.441 e.